The van der Waals surface area contributed by atoms with Crippen molar-refractivity contribution in [3.63, 3.8) is 0 Å². The number of furan rings is 1. The molecule has 8 heteroatoms. The number of amides is 2. The highest BCUT2D eigenvalue weighted by molar-refractivity contribution is 6.12. The van der Waals surface area contributed by atoms with Crippen LogP contribution in [0.4, 0.5) is 4.39 Å². The van der Waals surface area contributed by atoms with E-state index >= 15 is 0 Å². The van der Waals surface area contributed by atoms with Gasteiger partial charge in [0.2, 0.25) is 0 Å². The summed E-state index contributed by atoms with van der Waals surface area (Å²) in [4.78, 5) is 26.0. The van der Waals surface area contributed by atoms with Crippen molar-refractivity contribution in [1.29, 1.82) is 0 Å². The minimum Gasteiger partial charge on any atom is -0.493 e. The normalized spacial score (nSPS) is 11.2. The van der Waals surface area contributed by atoms with Gasteiger partial charge in [0.05, 0.1) is 12.2 Å². The predicted molar refractivity (Wildman–Crippen MR) is 162 cm³/mol. The van der Waals surface area contributed by atoms with Crippen LogP contribution in [-0.4, -0.2) is 36.6 Å². The number of nitrogens with one attached hydrogen (secondary N) is 2. The Labute approximate surface area is 244 Å². The van der Waals surface area contributed by atoms with E-state index in [2.05, 4.69) is 15.2 Å². The molecule has 2 aromatic heterocycles. The van der Waals surface area contributed by atoms with Gasteiger partial charge >= 0.3 is 0 Å². The topological polar surface area (TPSA) is 85.5 Å². The molecule has 2 heterocycles. The zero-order valence-corrected chi connectivity index (χ0v) is 23.9. The number of aromatic nitrogens is 1. The van der Waals surface area contributed by atoms with E-state index in [1.807, 2.05) is 62.6 Å². The van der Waals surface area contributed by atoms with Crippen molar-refractivity contribution in [3.05, 3.63) is 102 Å². The van der Waals surface area contributed by atoms with Gasteiger partial charge < -0.3 is 24.4 Å². The van der Waals surface area contributed by atoms with Crippen LogP contribution in [0.1, 0.15) is 41.0 Å². The second-order valence-corrected chi connectivity index (χ2v) is 10.5. The Morgan fingerprint density at radius 2 is 1.69 bits per heavy atom. The van der Waals surface area contributed by atoms with Gasteiger partial charge in [0.25, 0.3) is 11.8 Å². The maximum absolute atomic E-state index is 13.6. The van der Waals surface area contributed by atoms with Crippen LogP contribution in [0.15, 0.2) is 89.6 Å². The van der Waals surface area contributed by atoms with Crippen LogP contribution in [0, 0.1) is 11.7 Å². The van der Waals surface area contributed by atoms with Crippen LogP contribution in [0.25, 0.3) is 33.4 Å². The third-order valence-corrected chi connectivity index (χ3v) is 6.96. The lowest BCUT2D eigenvalue weighted by Gasteiger charge is -2.15. The van der Waals surface area contributed by atoms with Crippen LogP contribution in [0.2, 0.25) is 0 Å². The highest BCUT2D eigenvalue weighted by Gasteiger charge is 2.23. The fourth-order valence-electron chi connectivity index (χ4n) is 4.79. The smallest absolute Gasteiger partial charge is 0.255 e. The van der Waals surface area contributed by atoms with Crippen LogP contribution < -0.4 is 15.4 Å². The number of rotatable bonds is 11. The average Bonchev–Trinajstić information content (AvgIpc) is 3.66. The molecule has 2 N–H and O–H groups in total. The van der Waals surface area contributed by atoms with Gasteiger partial charge in [-0.2, -0.15) is 0 Å². The van der Waals surface area contributed by atoms with Crippen molar-refractivity contribution < 1.29 is 23.1 Å². The first kappa shape index (κ1) is 28.7. The van der Waals surface area contributed by atoms with Crippen molar-refractivity contribution in [3.8, 4) is 28.2 Å². The molecule has 0 aliphatic rings. The molecule has 0 fully saturated rings. The second-order valence-electron chi connectivity index (χ2n) is 10.5. The zero-order chi connectivity index (χ0) is 29.6. The Morgan fingerprint density at radius 1 is 0.952 bits per heavy atom. The van der Waals surface area contributed by atoms with Crippen LogP contribution >= 0.6 is 0 Å². The molecule has 216 valence electrons. The first-order valence-corrected chi connectivity index (χ1v) is 14.0. The van der Waals surface area contributed by atoms with Gasteiger partial charge in [-0.25, -0.2) is 4.39 Å². The number of ether oxygens (including phenoxy) is 1. The van der Waals surface area contributed by atoms with Crippen molar-refractivity contribution in [2.45, 2.75) is 26.8 Å². The summed E-state index contributed by atoms with van der Waals surface area (Å²) in [6, 6.07) is 20.8. The van der Waals surface area contributed by atoms with Gasteiger partial charge in [0.1, 0.15) is 22.9 Å². The van der Waals surface area contributed by atoms with E-state index in [4.69, 9.17) is 9.15 Å². The summed E-state index contributed by atoms with van der Waals surface area (Å²) in [6.45, 7) is 5.95. The first-order valence-electron chi connectivity index (χ1n) is 14.0. The predicted octanol–water partition coefficient (Wildman–Crippen LogP) is 6.92. The van der Waals surface area contributed by atoms with E-state index in [0.717, 1.165) is 24.1 Å². The van der Waals surface area contributed by atoms with Crippen LogP contribution in [0.5, 0.6) is 5.75 Å². The van der Waals surface area contributed by atoms with E-state index in [9.17, 15) is 14.0 Å². The monoisotopic (exact) mass is 567 g/mol. The summed E-state index contributed by atoms with van der Waals surface area (Å²) in [5, 5.41) is 6.26. The number of fused-ring (bicyclic) bond motifs is 1. The molecule has 0 atom stereocenters. The van der Waals surface area contributed by atoms with Gasteiger partial charge in [-0.3, -0.25) is 9.59 Å². The Bertz CT molecular complexity index is 1690. The number of benzene rings is 3. The molecule has 0 radical (unpaired) electrons. The van der Waals surface area contributed by atoms with Gasteiger partial charge in [-0.1, -0.05) is 19.9 Å². The largest absolute Gasteiger partial charge is 0.493 e. The molecular formula is C34H34FN3O4. The number of carbonyl (C=O) groups is 2. The summed E-state index contributed by atoms with van der Waals surface area (Å²) in [7, 11) is 1.55. The van der Waals surface area contributed by atoms with Crippen molar-refractivity contribution in [1.82, 2.24) is 15.2 Å². The number of hydrogen-bond acceptors (Lipinski definition) is 4. The summed E-state index contributed by atoms with van der Waals surface area (Å²) >= 11 is 0. The van der Waals surface area contributed by atoms with Crippen molar-refractivity contribution in [2.75, 3.05) is 20.2 Å². The van der Waals surface area contributed by atoms with E-state index in [1.54, 1.807) is 31.3 Å². The quantitative estimate of drug-likeness (QED) is 0.170. The molecule has 5 rings (SSSR count). The zero-order valence-electron chi connectivity index (χ0n) is 23.9. The number of hydrogen-bond donors (Lipinski definition) is 2. The Kier molecular flexibility index (Phi) is 8.71. The third kappa shape index (κ3) is 6.38. The SMILES string of the molecule is CNC(=O)c1c(-c2ccc(F)cc2)oc2ccc(-c3cc(C(=O)NCC(C)C)ccc3OCCCn3cccc3)cc12. The molecule has 5 aromatic rings. The van der Waals surface area contributed by atoms with Crippen LogP contribution in [-0.2, 0) is 6.54 Å². The molecular weight excluding hydrogens is 533 g/mol. The van der Waals surface area contributed by atoms with Crippen molar-refractivity contribution in [2.24, 2.45) is 5.92 Å². The van der Waals surface area contributed by atoms with E-state index in [-0.39, 0.29) is 17.6 Å². The molecule has 0 unspecified atom stereocenters. The van der Waals surface area contributed by atoms with Gasteiger partial charge in [-0.15, -0.1) is 0 Å². The summed E-state index contributed by atoms with van der Waals surface area (Å²) in [6.07, 6.45) is 4.83. The average molecular weight is 568 g/mol. The van der Waals surface area contributed by atoms with Crippen LogP contribution in [0.3, 0.4) is 0 Å². The van der Waals surface area contributed by atoms with Crippen molar-refractivity contribution >= 4 is 22.8 Å². The molecule has 0 saturated carbocycles. The lowest BCUT2D eigenvalue weighted by atomic mass is 9.98. The van der Waals surface area contributed by atoms with Gasteiger partial charge in [0.15, 0.2) is 0 Å². The lowest BCUT2D eigenvalue weighted by molar-refractivity contribution is 0.0945. The lowest BCUT2D eigenvalue weighted by Crippen LogP contribution is -2.27. The number of nitrogens with zero attached hydrogens (tertiary/aromatic N) is 1. The fourth-order valence-corrected chi connectivity index (χ4v) is 4.79. The van der Waals surface area contributed by atoms with E-state index in [1.165, 1.54) is 12.1 Å². The maximum atomic E-state index is 13.6. The number of aryl methyl sites for hydroxylation is 1. The second kappa shape index (κ2) is 12.8. The van der Waals surface area contributed by atoms with E-state index < -0.39 is 0 Å². The number of carbonyl (C=O) groups excluding carboxylic acids is 2. The minimum atomic E-state index is -0.378. The summed E-state index contributed by atoms with van der Waals surface area (Å²) in [5.41, 5.74) is 3.44. The molecule has 2 amide bonds. The summed E-state index contributed by atoms with van der Waals surface area (Å²) < 4.78 is 28.1. The molecule has 0 spiro atoms. The maximum Gasteiger partial charge on any atom is 0.255 e. The first-order chi connectivity index (χ1) is 20.3. The van der Waals surface area contributed by atoms with Gasteiger partial charge in [-0.05, 0) is 84.6 Å². The molecule has 0 bridgehead atoms. The fraction of sp³-hybridized carbons (Fsp3) is 0.235. The third-order valence-electron chi connectivity index (χ3n) is 6.96. The van der Waals surface area contributed by atoms with Gasteiger partial charge in [0, 0.05) is 54.6 Å². The Balaban J connectivity index is 1.54. The molecule has 7 nitrogen and oxygen atoms in total. The molecule has 0 aliphatic carbocycles. The number of halogens is 1. The Hall–Kier alpha value is -4.85. The molecule has 0 saturated heterocycles. The molecule has 42 heavy (non-hydrogen) atoms. The highest BCUT2D eigenvalue weighted by atomic mass is 19.1. The molecule has 0 aliphatic heterocycles. The summed E-state index contributed by atoms with van der Waals surface area (Å²) in [5.74, 6) is 0.428. The van der Waals surface area contributed by atoms with E-state index in [0.29, 0.717) is 58.2 Å². The Morgan fingerprint density at radius 3 is 2.40 bits per heavy atom. The standard InChI is InChI=1S/C34H34FN3O4/c1-22(2)21-37-33(39)25-10-13-29(41-18-6-17-38-15-4-5-16-38)27(20-25)24-9-14-30-28(19-24)31(34(40)36-3)32(42-30)23-7-11-26(35)12-8-23/h4-5,7-16,19-20,22H,6,17-18,21H2,1-3H3,(H,36,40)(H,37,39). The minimum absolute atomic E-state index is 0.168. The highest BCUT2D eigenvalue weighted by Crippen LogP contribution is 2.38. The molecule has 3 aromatic carbocycles.